The third-order valence-electron chi connectivity index (χ3n) is 3.85. The molecule has 1 fully saturated rings. The van der Waals surface area contributed by atoms with Gasteiger partial charge in [0.15, 0.2) is 0 Å². The number of benzene rings is 1. The van der Waals surface area contributed by atoms with Crippen molar-refractivity contribution in [2.45, 2.75) is 31.7 Å². The molecule has 0 aliphatic carbocycles. The number of likely N-dealkylation sites (tertiary alicyclic amines) is 1. The molecule has 3 heteroatoms. The van der Waals surface area contributed by atoms with Crippen molar-refractivity contribution in [1.82, 2.24) is 10.2 Å². The lowest BCUT2D eigenvalue weighted by Gasteiger charge is -2.30. The molecule has 1 heterocycles. The van der Waals surface area contributed by atoms with Crippen LogP contribution in [0.25, 0.3) is 0 Å². The molecule has 1 aliphatic heterocycles. The lowest BCUT2D eigenvalue weighted by Crippen LogP contribution is -2.41. The molecule has 1 saturated heterocycles. The van der Waals surface area contributed by atoms with Crippen LogP contribution >= 0.6 is 11.6 Å². The Morgan fingerprint density at radius 1 is 1.39 bits per heavy atom. The van der Waals surface area contributed by atoms with Crippen LogP contribution in [0.4, 0.5) is 0 Å². The van der Waals surface area contributed by atoms with Crippen LogP contribution in [0.3, 0.4) is 0 Å². The largest absolute Gasteiger partial charge is 0.313 e. The highest BCUT2D eigenvalue weighted by molar-refractivity contribution is 6.30. The molecule has 18 heavy (non-hydrogen) atoms. The molecule has 1 aromatic rings. The Morgan fingerprint density at radius 3 is 2.78 bits per heavy atom. The van der Waals surface area contributed by atoms with Crippen LogP contribution in [-0.2, 0) is 0 Å². The molecule has 1 N–H and O–H groups in total. The predicted octanol–water partition coefficient (Wildman–Crippen LogP) is 3.13. The molecule has 0 bridgehead atoms. The Kier molecular flexibility index (Phi) is 5.04. The first-order chi connectivity index (χ1) is 8.65. The van der Waals surface area contributed by atoms with Gasteiger partial charge in [0, 0.05) is 17.6 Å². The van der Waals surface area contributed by atoms with E-state index in [0.29, 0.717) is 12.0 Å². The first-order valence-corrected chi connectivity index (χ1v) is 7.20. The van der Waals surface area contributed by atoms with Crippen molar-refractivity contribution in [3.8, 4) is 0 Å². The van der Waals surface area contributed by atoms with Gasteiger partial charge in [-0.15, -0.1) is 0 Å². The van der Waals surface area contributed by atoms with Crippen LogP contribution in [-0.4, -0.2) is 37.6 Å². The summed E-state index contributed by atoms with van der Waals surface area (Å²) in [6.45, 7) is 5.72. The number of nitrogens with one attached hydrogen (secondary N) is 1. The molecule has 0 amide bonds. The quantitative estimate of drug-likeness (QED) is 0.901. The molecule has 0 radical (unpaired) electrons. The maximum atomic E-state index is 6.03. The van der Waals surface area contributed by atoms with Crippen LogP contribution in [0.5, 0.6) is 0 Å². The predicted molar refractivity (Wildman–Crippen MR) is 78.4 cm³/mol. The van der Waals surface area contributed by atoms with Crippen LogP contribution in [0, 0.1) is 0 Å². The van der Waals surface area contributed by atoms with Crippen LogP contribution < -0.4 is 5.32 Å². The Labute approximate surface area is 115 Å². The van der Waals surface area contributed by atoms with Gasteiger partial charge >= 0.3 is 0 Å². The summed E-state index contributed by atoms with van der Waals surface area (Å²) in [6.07, 6.45) is 2.53. The maximum Gasteiger partial charge on any atom is 0.0408 e. The van der Waals surface area contributed by atoms with E-state index < -0.39 is 0 Å². The fourth-order valence-electron chi connectivity index (χ4n) is 2.49. The summed E-state index contributed by atoms with van der Waals surface area (Å²) in [5.41, 5.74) is 1.32. The molecule has 0 aromatic heterocycles. The van der Waals surface area contributed by atoms with Crippen molar-refractivity contribution in [3.63, 3.8) is 0 Å². The van der Waals surface area contributed by atoms with E-state index in [0.717, 1.165) is 11.6 Å². The minimum atomic E-state index is 0.517. The van der Waals surface area contributed by atoms with E-state index in [4.69, 9.17) is 11.6 Å². The van der Waals surface area contributed by atoms with E-state index in [2.05, 4.69) is 36.3 Å². The van der Waals surface area contributed by atoms with Crippen molar-refractivity contribution in [3.05, 3.63) is 34.9 Å². The van der Waals surface area contributed by atoms with Gasteiger partial charge in [0.05, 0.1) is 0 Å². The minimum absolute atomic E-state index is 0.517. The Balaban J connectivity index is 1.79. The molecule has 100 valence electrons. The lowest BCUT2D eigenvalue weighted by molar-refractivity contribution is 0.233. The summed E-state index contributed by atoms with van der Waals surface area (Å²) in [4.78, 5) is 2.40. The highest BCUT2D eigenvalue weighted by Gasteiger charge is 2.16. The van der Waals surface area contributed by atoms with E-state index >= 15 is 0 Å². The Bertz CT molecular complexity index is 373. The number of rotatable bonds is 4. The molecule has 1 unspecified atom stereocenters. The van der Waals surface area contributed by atoms with E-state index in [1.54, 1.807) is 0 Å². The third-order valence-corrected chi connectivity index (χ3v) is 4.08. The molecule has 0 saturated carbocycles. The van der Waals surface area contributed by atoms with Gasteiger partial charge in [-0.3, -0.25) is 0 Å². The van der Waals surface area contributed by atoms with Crippen LogP contribution in [0.15, 0.2) is 24.3 Å². The normalized spacial score (nSPS) is 19.9. The Morgan fingerprint density at radius 2 is 2.11 bits per heavy atom. The average Bonchev–Trinajstić information content (AvgIpc) is 2.38. The van der Waals surface area contributed by atoms with Gasteiger partial charge in [-0.25, -0.2) is 0 Å². The molecule has 2 nitrogen and oxygen atoms in total. The molecule has 1 atom stereocenters. The van der Waals surface area contributed by atoms with Crippen molar-refractivity contribution in [2.75, 3.05) is 26.7 Å². The van der Waals surface area contributed by atoms with E-state index in [1.165, 1.54) is 31.5 Å². The number of halogens is 1. The van der Waals surface area contributed by atoms with Crippen LogP contribution in [0.2, 0.25) is 5.02 Å². The van der Waals surface area contributed by atoms with Crippen molar-refractivity contribution in [2.24, 2.45) is 0 Å². The third kappa shape index (κ3) is 3.98. The molecular weight excluding hydrogens is 244 g/mol. The van der Waals surface area contributed by atoms with E-state index in [1.807, 2.05) is 12.1 Å². The van der Waals surface area contributed by atoms with Gasteiger partial charge in [-0.05, 0) is 56.6 Å². The van der Waals surface area contributed by atoms with Gasteiger partial charge in [0.1, 0.15) is 0 Å². The van der Waals surface area contributed by atoms with Crippen LogP contribution in [0.1, 0.15) is 31.2 Å². The van der Waals surface area contributed by atoms with E-state index in [9.17, 15) is 0 Å². The lowest BCUT2D eigenvalue weighted by atomic mass is 9.99. The zero-order valence-electron chi connectivity index (χ0n) is 11.3. The molecular formula is C15H23ClN2. The average molecular weight is 267 g/mol. The second kappa shape index (κ2) is 6.55. The van der Waals surface area contributed by atoms with Crippen molar-refractivity contribution >= 4 is 11.6 Å². The summed E-state index contributed by atoms with van der Waals surface area (Å²) in [7, 11) is 2.20. The highest BCUT2D eigenvalue weighted by Crippen LogP contribution is 2.19. The SMILES string of the molecule is CC(CNC1CCN(C)CC1)c1cccc(Cl)c1. The second-order valence-electron chi connectivity index (χ2n) is 5.44. The second-order valence-corrected chi connectivity index (χ2v) is 5.88. The molecule has 0 spiro atoms. The zero-order chi connectivity index (χ0) is 13.0. The number of nitrogens with zero attached hydrogens (tertiary/aromatic N) is 1. The molecule has 1 aromatic carbocycles. The Hall–Kier alpha value is -0.570. The summed E-state index contributed by atoms with van der Waals surface area (Å²) in [6, 6.07) is 8.88. The van der Waals surface area contributed by atoms with Gasteiger partial charge in [-0.2, -0.15) is 0 Å². The standard InChI is InChI=1S/C15H23ClN2/c1-12(13-4-3-5-14(16)10-13)11-17-15-6-8-18(2)9-7-15/h3-5,10,12,15,17H,6-9,11H2,1-2H3. The van der Waals surface area contributed by atoms with Gasteiger partial charge in [-0.1, -0.05) is 30.7 Å². The number of hydrogen-bond acceptors (Lipinski definition) is 2. The summed E-state index contributed by atoms with van der Waals surface area (Å²) in [5, 5.41) is 4.52. The fourth-order valence-corrected chi connectivity index (χ4v) is 2.69. The number of piperidine rings is 1. The first-order valence-electron chi connectivity index (χ1n) is 6.82. The maximum absolute atomic E-state index is 6.03. The monoisotopic (exact) mass is 266 g/mol. The molecule has 2 rings (SSSR count). The summed E-state index contributed by atoms with van der Waals surface area (Å²) >= 11 is 6.03. The zero-order valence-corrected chi connectivity index (χ0v) is 12.1. The topological polar surface area (TPSA) is 15.3 Å². The van der Waals surface area contributed by atoms with Gasteiger partial charge < -0.3 is 10.2 Å². The first kappa shape index (κ1) is 13.9. The van der Waals surface area contributed by atoms with Gasteiger partial charge in [0.2, 0.25) is 0 Å². The summed E-state index contributed by atoms with van der Waals surface area (Å²) < 4.78 is 0. The number of hydrogen-bond donors (Lipinski definition) is 1. The smallest absolute Gasteiger partial charge is 0.0408 e. The molecule has 1 aliphatic rings. The highest BCUT2D eigenvalue weighted by atomic mass is 35.5. The summed E-state index contributed by atoms with van der Waals surface area (Å²) in [5.74, 6) is 0.517. The van der Waals surface area contributed by atoms with E-state index in [-0.39, 0.29) is 0 Å². The fraction of sp³-hybridized carbons (Fsp3) is 0.600. The van der Waals surface area contributed by atoms with Gasteiger partial charge in [0.25, 0.3) is 0 Å². The van der Waals surface area contributed by atoms with Crippen molar-refractivity contribution in [1.29, 1.82) is 0 Å². The van der Waals surface area contributed by atoms with Crippen molar-refractivity contribution < 1.29 is 0 Å². The minimum Gasteiger partial charge on any atom is -0.313 e.